The van der Waals surface area contributed by atoms with Crippen LogP contribution in [-0.4, -0.2) is 25.8 Å². The number of nitrogens with one attached hydrogen (secondary N) is 1. The van der Waals surface area contributed by atoms with Crippen molar-refractivity contribution in [1.29, 1.82) is 0 Å². The Morgan fingerprint density at radius 3 is 2.42 bits per heavy atom. The lowest BCUT2D eigenvalue weighted by Gasteiger charge is -2.24. The Bertz CT molecular complexity index is 714. The summed E-state index contributed by atoms with van der Waals surface area (Å²) >= 11 is 0. The Morgan fingerprint density at radius 1 is 1.04 bits per heavy atom. The van der Waals surface area contributed by atoms with E-state index in [0.29, 0.717) is 18.5 Å². The summed E-state index contributed by atoms with van der Waals surface area (Å²) in [5.41, 5.74) is 1.00. The zero-order valence-corrected chi connectivity index (χ0v) is 15.9. The van der Waals surface area contributed by atoms with E-state index in [-0.39, 0.29) is 6.10 Å². The van der Waals surface area contributed by atoms with Crippen LogP contribution < -0.4 is 20.1 Å². The van der Waals surface area contributed by atoms with E-state index in [9.17, 15) is 4.57 Å². The highest BCUT2D eigenvalue weighted by molar-refractivity contribution is 7.48. The number of hydrogen-bond donors (Lipinski definition) is 1. The van der Waals surface area contributed by atoms with Gasteiger partial charge in [0, 0.05) is 0 Å². The van der Waals surface area contributed by atoms with Crippen molar-refractivity contribution < 1.29 is 18.6 Å². The molecule has 2 aromatic rings. The van der Waals surface area contributed by atoms with Crippen molar-refractivity contribution in [1.82, 2.24) is 5.32 Å². The van der Waals surface area contributed by atoms with Gasteiger partial charge in [0.2, 0.25) is 5.30 Å². The minimum atomic E-state index is -1.77. The summed E-state index contributed by atoms with van der Waals surface area (Å²) in [5.74, 6) is 1.53. The molecule has 0 amide bonds. The van der Waals surface area contributed by atoms with Crippen LogP contribution in [0.15, 0.2) is 48.5 Å². The molecule has 1 aliphatic heterocycles. The second-order valence-electron chi connectivity index (χ2n) is 6.14. The largest absolute Gasteiger partial charge is 0.548 e. The summed E-state index contributed by atoms with van der Waals surface area (Å²) in [6.07, 6.45) is 2.25. The monoisotopic (exact) mass is 374 g/mol. The summed E-state index contributed by atoms with van der Waals surface area (Å²) in [6.45, 7) is 4.68. The Kier molecular flexibility index (Phi) is 7.01. The molecule has 1 fully saturated rings. The van der Waals surface area contributed by atoms with Crippen LogP contribution in [0, 0.1) is 0 Å². The van der Waals surface area contributed by atoms with Gasteiger partial charge in [-0.3, -0.25) is 0 Å². The molecule has 6 heteroatoms. The SMILES string of the molecule is CCO[P+](=O)c1ccc(COc2ccccc2OC2CCNCC2)cc1. The first-order valence-corrected chi connectivity index (χ1v) is 10.2. The van der Waals surface area contributed by atoms with E-state index < -0.39 is 8.03 Å². The van der Waals surface area contributed by atoms with E-state index in [1.54, 1.807) is 0 Å². The van der Waals surface area contributed by atoms with Gasteiger partial charge in [-0.1, -0.05) is 24.3 Å². The third-order valence-corrected chi connectivity index (χ3v) is 5.43. The van der Waals surface area contributed by atoms with Crippen molar-refractivity contribution >= 4 is 13.3 Å². The summed E-state index contributed by atoms with van der Waals surface area (Å²) in [7, 11) is -1.77. The lowest BCUT2D eigenvalue weighted by molar-refractivity contribution is 0.153. The topological polar surface area (TPSA) is 56.8 Å². The van der Waals surface area contributed by atoms with Gasteiger partial charge >= 0.3 is 8.03 Å². The van der Waals surface area contributed by atoms with Gasteiger partial charge in [-0.2, -0.15) is 0 Å². The lowest BCUT2D eigenvalue weighted by Crippen LogP contribution is -2.34. The van der Waals surface area contributed by atoms with E-state index in [2.05, 4.69) is 5.32 Å². The Morgan fingerprint density at radius 2 is 1.73 bits per heavy atom. The second kappa shape index (κ2) is 9.67. The summed E-state index contributed by atoms with van der Waals surface area (Å²) in [4.78, 5) is 0. The van der Waals surface area contributed by atoms with Crippen LogP contribution in [0.1, 0.15) is 25.3 Å². The van der Waals surface area contributed by atoms with E-state index in [1.165, 1.54) is 0 Å². The predicted octanol–water partition coefficient (Wildman–Crippen LogP) is 3.80. The average Bonchev–Trinajstić information content (AvgIpc) is 2.69. The van der Waals surface area contributed by atoms with Crippen LogP contribution in [0.25, 0.3) is 0 Å². The smallest absolute Gasteiger partial charge is 0.486 e. The fourth-order valence-electron chi connectivity index (χ4n) is 2.83. The van der Waals surface area contributed by atoms with E-state index in [1.807, 2.05) is 55.5 Å². The molecule has 5 nitrogen and oxygen atoms in total. The maximum Gasteiger partial charge on any atom is 0.548 e. The van der Waals surface area contributed by atoms with E-state index >= 15 is 0 Å². The molecular weight excluding hydrogens is 349 g/mol. The number of benzene rings is 2. The molecule has 1 atom stereocenters. The highest BCUT2D eigenvalue weighted by Gasteiger charge is 2.20. The second-order valence-corrected chi connectivity index (χ2v) is 7.43. The predicted molar refractivity (Wildman–Crippen MR) is 103 cm³/mol. The van der Waals surface area contributed by atoms with Crippen LogP contribution in [-0.2, 0) is 15.7 Å². The van der Waals surface area contributed by atoms with Crippen LogP contribution in [0.3, 0.4) is 0 Å². The maximum absolute atomic E-state index is 11.8. The normalized spacial score (nSPS) is 15.5. The highest BCUT2D eigenvalue weighted by Crippen LogP contribution is 2.29. The number of piperidine rings is 1. The molecule has 1 saturated heterocycles. The summed E-state index contributed by atoms with van der Waals surface area (Å²) in [5, 5.41) is 4.04. The quantitative estimate of drug-likeness (QED) is 0.713. The van der Waals surface area contributed by atoms with Gasteiger partial charge in [-0.15, -0.1) is 4.52 Å². The number of para-hydroxylation sites is 2. The first kappa shape index (κ1) is 18.8. The van der Waals surface area contributed by atoms with E-state index in [4.69, 9.17) is 14.0 Å². The van der Waals surface area contributed by atoms with Gasteiger partial charge in [0.1, 0.15) is 19.3 Å². The molecule has 0 saturated carbocycles. The van der Waals surface area contributed by atoms with Gasteiger partial charge in [0.25, 0.3) is 0 Å². The zero-order valence-electron chi connectivity index (χ0n) is 15.0. The molecule has 3 rings (SSSR count). The Balaban J connectivity index is 1.60. The number of rotatable bonds is 8. The molecule has 1 unspecified atom stereocenters. The van der Waals surface area contributed by atoms with Crippen molar-refractivity contribution in [3.05, 3.63) is 54.1 Å². The molecule has 1 N–H and O–H groups in total. The number of hydrogen-bond acceptors (Lipinski definition) is 5. The van der Waals surface area contributed by atoms with Gasteiger partial charge in [-0.25, -0.2) is 0 Å². The van der Waals surface area contributed by atoms with Gasteiger partial charge in [0.15, 0.2) is 11.5 Å². The molecule has 1 heterocycles. The first-order valence-electron chi connectivity index (χ1n) is 9.04. The fraction of sp³-hybridized carbons (Fsp3) is 0.400. The average molecular weight is 374 g/mol. The molecule has 0 radical (unpaired) electrons. The molecular formula is C20H25NO4P+. The van der Waals surface area contributed by atoms with Crippen molar-refractivity contribution in [2.75, 3.05) is 19.7 Å². The highest BCUT2D eigenvalue weighted by atomic mass is 31.1. The van der Waals surface area contributed by atoms with Crippen LogP contribution in [0.4, 0.5) is 0 Å². The Hall–Kier alpha value is -1.94. The van der Waals surface area contributed by atoms with Crippen molar-refractivity contribution in [2.24, 2.45) is 0 Å². The lowest BCUT2D eigenvalue weighted by atomic mass is 10.1. The minimum absolute atomic E-state index is 0.232. The molecule has 138 valence electrons. The standard InChI is InChI=1S/C20H25NO4P/c1-2-24-26(22)18-9-7-16(8-10-18)15-23-19-5-3-4-6-20(19)25-17-11-13-21-14-12-17/h3-10,17,21H,2,11-15H2,1H3/q+1. The van der Waals surface area contributed by atoms with Gasteiger partial charge in [-0.05, 0) is 67.2 Å². The van der Waals surface area contributed by atoms with Crippen molar-refractivity contribution in [2.45, 2.75) is 32.5 Å². The Labute approximate surface area is 155 Å². The molecule has 2 aromatic carbocycles. The van der Waals surface area contributed by atoms with E-state index in [0.717, 1.165) is 43.0 Å². The summed E-state index contributed by atoms with van der Waals surface area (Å²) < 4.78 is 29.1. The van der Waals surface area contributed by atoms with Crippen LogP contribution in [0.5, 0.6) is 11.5 Å². The molecule has 1 aliphatic rings. The van der Waals surface area contributed by atoms with Gasteiger partial charge < -0.3 is 14.8 Å². The maximum atomic E-state index is 11.8. The molecule has 0 spiro atoms. The molecule has 0 aliphatic carbocycles. The van der Waals surface area contributed by atoms with Crippen LogP contribution >= 0.6 is 8.03 Å². The third-order valence-electron chi connectivity index (χ3n) is 4.22. The van der Waals surface area contributed by atoms with Gasteiger partial charge in [0.05, 0.1) is 0 Å². The fourth-order valence-corrected chi connectivity index (χ4v) is 3.60. The molecule has 0 aromatic heterocycles. The minimum Gasteiger partial charge on any atom is -0.486 e. The van der Waals surface area contributed by atoms with Crippen molar-refractivity contribution in [3.8, 4) is 11.5 Å². The van der Waals surface area contributed by atoms with Crippen molar-refractivity contribution in [3.63, 3.8) is 0 Å². The first-order chi connectivity index (χ1) is 12.8. The summed E-state index contributed by atoms with van der Waals surface area (Å²) in [6, 6.07) is 15.3. The van der Waals surface area contributed by atoms with Crippen LogP contribution in [0.2, 0.25) is 0 Å². The third kappa shape index (κ3) is 5.28. The molecule has 0 bridgehead atoms. The number of ether oxygens (including phenoxy) is 2. The zero-order chi connectivity index (χ0) is 18.2. The molecule has 26 heavy (non-hydrogen) atoms.